The Balaban J connectivity index is 4.15. The molecule has 14 heavy (non-hydrogen) atoms. The molecule has 0 aromatic rings. The molecule has 0 bridgehead atoms. The average Bonchev–Trinajstić information content (AvgIpc) is 2.00. The van der Waals surface area contributed by atoms with Crippen LogP contribution in [0.3, 0.4) is 0 Å². The van der Waals surface area contributed by atoms with Crippen LogP contribution in [0.4, 0.5) is 0 Å². The van der Waals surface area contributed by atoms with Crippen LogP contribution in [0, 0.1) is 11.3 Å². The van der Waals surface area contributed by atoms with Crippen LogP contribution in [0.2, 0.25) is 0 Å². The van der Waals surface area contributed by atoms with Gasteiger partial charge in [-0.3, -0.25) is 0 Å². The lowest BCUT2D eigenvalue weighted by Gasteiger charge is -2.31. The highest BCUT2D eigenvalue weighted by atomic mass is 14.3. The predicted molar refractivity (Wildman–Crippen MR) is 66.5 cm³/mol. The van der Waals surface area contributed by atoms with E-state index in [0.717, 1.165) is 5.92 Å². The van der Waals surface area contributed by atoms with E-state index in [9.17, 15) is 0 Å². The van der Waals surface area contributed by atoms with Crippen LogP contribution in [0.5, 0.6) is 0 Å². The molecule has 0 spiro atoms. The van der Waals surface area contributed by atoms with Gasteiger partial charge in [0.15, 0.2) is 0 Å². The first-order valence-corrected chi connectivity index (χ1v) is 6.04. The van der Waals surface area contributed by atoms with Gasteiger partial charge in [0.25, 0.3) is 0 Å². The van der Waals surface area contributed by atoms with E-state index in [-0.39, 0.29) is 0 Å². The summed E-state index contributed by atoms with van der Waals surface area (Å²) >= 11 is 0. The molecular weight excluding hydrogens is 168 g/mol. The van der Waals surface area contributed by atoms with Crippen molar-refractivity contribution >= 4 is 0 Å². The van der Waals surface area contributed by atoms with Crippen LogP contribution >= 0.6 is 0 Å². The summed E-state index contributed by atoms with van der Waals surface area (Å²) in [6.07, 6.45) is 6.53. The van der Waals surface area contributed by atoms with Crippen molar-refractivity contribution < 1.29 is 0 Å². The smallest absolute Gasteiger partial charge is 0.0320 e. The predicted octanol–water partition coefficient (Wildman–Crippen LogP) is 5.20. The Hall–Kier alpha value is -0.260. The second-order valence-corrected chi connectivity index (χ2v) is 5.62. The van der Waals surface area contributed by atoms with Gasteiger partial charge in [0.2, 0.25) is 0 Å². The second kappa shape index (κ2) is 6.27. The van der Waals surface area contributed by atoms with Crippen LogP contribution < -0.4 is 0 Å². The van der Waals surface area contributed by atoms with E-state index in [4.69, 9.17) is 0 Å². The fourth-order valence-corrected chi connectivity index (χ4v) is 2.43. The maximum absolute atomic E-state index is 4.00. The van der Waals surface area contributed by atoms with Gasteiger partial charge in [0, 0.05) is 0 Å². The summed E-state index contributed by atoms with van der Waals surface area (Å²) in [4.78, 5) is 0. The summed E-state index contributed by atoms with van der Waals surface area (Å²) in [6, 6.07) is 0. The average molecular weight is 196 g/mol. The molecule has 84 valence electrons. The molecule has 1 atom stereocenters. The lowest BCUT2D eigenvalue weighted by Crippen LogP contribution is -2.18. The Labute approximate surface area is 90.8 Å². The number of hydrogen-bond donors (Lipinski definition) is 0. The Morgan fingerprint density at radius 2 is 1.86 bits per heavy atom. The van der Waals surface area contributed by atoms with Crippen molar-refractivity contribution in [2.75, 3.05) is 0 Å². The third kappa shape index (κ3) is 6.23. The molecule has 0 N–H and O–H groups in total. The van der Waals surface area contributed by atoms with Crippen LogP contribution in [-0.2, 0) is 0 Å². The van der Waals surface area contributed by atoms with Crippen LogP contribution in [-0.4, -0.2) is 0 Å². The molecule has 0 aliphatic rings. The topological polar surface area (TPSA) is 0 Å². The largest absolute Gasteiger partial charge is 0.100 e. The van der Waals surface area contributed by atoms with Gasteiger partial charge >= 0.3 is 0 Å². The van der Waals surface area contributed by atoms with E-state index in [1.165, 1.54) is 37.7 Å². The lowest BCUT2D eigenvalue weighted by molar-refractivity contribution is 0.215. The van der Waals surface area contributed by atoms with Gasteiger partial charge in [-0.25, -0.2) is 0 Å². The second-order valence-electron chi connectivity index (χ2n) is 5.62. The number of rotatable bonds is 7. The molecule has 0 heterocycles. The maximum atomic E-state index is 4.00. The van der Waals surface area contributed by atoms with Crippen molar-refractivity contribution in [1.29, 1.82) is 0 Å². The Morgan fingerprint density at radius 1 is 1.29 bits per heavy atom. The molecule has 0 amide bonds. The fraction of sp³-hybridized carbons (Fsp3) is 0.857. The highest BCUT2D eigenvalue weighted by Crippen LogP contribution is 2.36. The number of allylic oxidation sites excluding steroid dienone is 1. The van der Waals surface area contributed by atoms with Crippen molar-refractivity contribution in [3.05, 3.63) is 12.2 Å². The molecule has 0 fully saturated rings. The first-order chi connectivity index (χ1) is 6.39. The highest BCUT2D eigenvalue weighted by Gasteiger charge is 2.23. The maximum Gasteiger partial charge on any atom is -0.0320 e. The first-order valence-electron chi connectivity index (χ1n) is 6.04. The molecule has 0 nitrogen and oxygen atoms in total. The summed E-state index contributed by atoms with van der Waals surface area (Å²) in [5.74, 6) is 0.816. The molecule has 0 aromatic heterocycles. The van der Waals surface area contributed by atoms with Gasteiger partial charge in [-0.2, -0.15) is 0 Å². The molecular formula is C14H28. The Kier molecular flexibility index (Phi) is 6.15. The summed E-state index contributed by atoms with van der Waals surface area (Å²) in [6.45, 7) is 15.5. The Bertz CT molecular complexity index is 167. The molecule has 0 radical (unpaired) electrons. The van der Waals surface area contributed by atoms with Crippen molar-refractivity contribution in [2.45, 2.75) is 66.7 Å². The van der Waals surface area contributed by atoms with Gasteiger partial charge < -0.3 is 0 Å². The third-order valence-corrected chi connectivity index (χ3v) is 2.91. The number of hydrogen-bond acceptors (Lipinski definition) is 0. The quantitative estimate of drug-likeness (QED) is 0.491. The van der Waals surface area contributed by atoms with Gasteiger partial charge in [-0.1, -0.05) is 39.7 Å². The van der Waals surface area contributed by atoms with E-state index >= 15 is 0 Å². The highest BCUT2D eigenvalue weighted by molar-refractivity contribution is 4.90. The SMILES string of the molecule is C=C(C)CCC(C)(CCC)CC(C)C. The summed E-state index contributed by atoms with van der Waals surface area (Å²) in [7, 11) is 0. The molecule has 0 aliphatic carbocycles. The van der Waals surface area contributed by atoms with Crippen molar-refractivity contribution in [1.82, 2.24) is 0 Å². The van der Waals surface area contributed by atoms with Crippen molar-refractivity contribution in [3.8, 4) is 0 Å². The van der Waals surface area contributed by atoms with Gasteiger partial charge in [-0.15, -0.1) is 6.58 Å². The van der Waals surface area contributed by atoms with Crippen LogP contribution in [0.1, 0.15) is 66.7 Å². The zero-order chi connectivity index (χ0) is 11.2. The molecule has 0 aliphatic heterocycles. The minimum atomic E-state index is 0.544. The minimum Gasteiger partial charge on any atom is -0.100 e. The standard InChI is InChI=1S/C14H28/c1-7-9-14(6,11-13(4)5)10-8-12(2)3/h13H,2,7-11H2,1,3-6H3. The van der Waals surface area contributed by atoms with Crippen LogP contribution in [0.25, 0.3) is 0 Å². The van der Waals surface area contributed by atoms with E-state index in [0.29, 0.717) is 5.41 Å². The van der Waals surface area contributed by atoms with Crippen LogP contribution in [0.15, 0.2) is 12.2 Å². The van der Waals surface area contributed by atoms with Gasteiger partial charge in [0.1, 0.15) is 0 Å². The molecule has 1 unspecified atom stereocenters. The zero-order valence-corrected chi connectivity index (χ0v) is 10.8. The zero-order valence-electron chi connectivity index (χ0n) is 10.8. The fourth-order valence-electron chi connectivity index (χ4n) is 2.43. The van der Waals surface area contributed by atoms with E-state index in [1.54, 1.807) is 0 Å². The molecule has 0 rings (SSSR count). The minimum absolute atomic E-state index is 0.544. The Morgan fingerprint density at radius 3 is 2.21 bits per heavy atom. The van der Waals surface area contributed by atoms with Gasteiger partial charge in [0.05, 0.1) is 0 Å². The van der Waals surface area contributed by atoms with E-state index in [1.807, 2.05) is 0 Å². The lowest BCUT2D eigenvalue weighted by atomic mass is 9.74. The third-order valence-electron chi connectivity index (χ3n) is 2.91. The normalized spacial score (nSPS) is 15.6. The first kappa shape index (κ1) is 13.7. The van der Waals surface area contributed by atoms with E-state index < -0.39 is 0 Å². The molecule has 0 heteroatoms. The van der Waals surface area contributed by atoms with Crippen molar-refractivity contribution in [2.24, 2.45) is 11.3 Å². The monoisotopic (exact) mass is 196 g/mol. The van der Waals surface area contributed by atoms with Crippen molar-refractivity contribution in [3.63, 3.8) is 0 Å². The molecule has 0 saturated carbocycles. The molecule has 0 saturated heterocycles. The summed E-state index contributed by atoms with van der Waals surface area (Å²) in [5, 5.41) is 0. The van der Waals surface area contributed by atoms with E-state index in [2.05, 4.69) is 41.2 Å². The molecule has 0 aromatic carbocycles. The summed E-state index contributed by atoms with van der Waals surface area (Å²) < 4.78 is 0. The van der Waals surface area contributed by atoms with Gasteiger partial charge in [-0.05, 0) is 43.9 Å². The summed E-state index contributed by atoms with van der Waals surface area (Å²) in [5.41, 5.74) is 1.87.